The lowest BCUT2D eigenvalue weighted by atomic mass is 10.2. The van der Waals surface area contributed by atoms with E-state index in [9.17, 15) is 14.4 Å². The first-order valence-corrected chi connectivity index (χ1v) is 8.75. The lowest BCUT2D eigenvalue weighted by Crippen LogP contribution is -2.33. The summed E-state index contributed by atoms with van der Waals surface area (Å²) in [5.74, 6) is 0. The summed E-state index contributed by atoms with van der Waals surface area (Å²) in [6.45, 7) is 10.4. The minimum atomic E-state index is -0.740. The minimum Gasteiger partial charge on any atom is -0.443 e. The normalized spacial score (nSPS) is 12.4. The van der Waals surface area contributed by atoms with Gasteiger partial charge < -0.3 is 9.47 Å². The third-order valence-corrected chi connectivity index (χ3v) is 3.42. The van der Waals surface area contributed by atoms with Gasteiger partial charge in [-0.15, -0.1) is 0 Å². The highest BCUT2D eigenvalue weighted by molar-refractivity contribution is 5.92. The zero-order chi connectivity index (χ0) is 21.3. The van der Waals surface area contributed by atoms with Crippen molar-refractivity contribution in [3.8, 4) is 0 Å². The first-order valence-electron chi connectivity index (χ1n) is 8.75. The highest BCUT2D eigenvalue weighted by Gasteiger charge is 2.23. The molecule has 2 aromatic rings. The van der Waals surface area contributed by atoms with Gasteiger partial charge in [0.05, 0.1) is 17.2 Å². The van der Waals surface area contributed by atoms with Gasteiger partial charge >= 0.3 is 17.9 Å². The highest BCUT2D eigenvalue weighted by atomic mass is 16.6. The molecule has 1 aromatic carbocycles. The largest absolute Gasteiger partial charge is 0.443 e. The van der Waals surface area contributed by atoms with Gasteiger partial charge in [-0.2, -0.15) is 9.67 Å². The monoisotopic (exact) mass is 390 g/mol. The zero-order valence-electron chi connectivity index (χ0n) is 17.2. The summed E-state index contributed by atoms with van der Waals surface area (Å²) in [6, 6.07) is 4.97. The number of ether oxygens (including phenoxy) is 2. The van der Waals surface area contributed by atoms with Crippen LogP contribution in [0.5, 0.6) is 0 Å². The van der Waals surface area contributed by atoms with Crippen LogP contribution < -0.4 is 11.1 Å². The molecule has 1 amide bonds. The molecule has 0 saturated carbocycles. The molecular formula is C19H26N4O5. The Balaban J connectivity index is 2.28. The second kappa shape index (κ2) is 7.49. The van der Waals surface area contributed by atoms with Gasteiger partial charge in [0, 0.05) is 7.05 Å². The Kier molecular flexibility index (Phi) is 5.67. The van der Waals surface area contributed by atoms with E-state index in [0.29, 0.717) is 16.6 Å². The maximum atomic E-state index is 12.5. The number of fused-ring (bicyclic) bond motifs is 1. The number of hydrogen-bond acceptors (Lipinski definition) is 6. The van der Waals surface area contributed by atoms with E-state index >= 15 is 0 Å². The predicted octanol–water partition coefficient (Wildman–Crippen LogP) is 2.98. The average Bonchev–Trinajstić information content (AvgIpc) is 2.75. The lowest BCUT2D eigenvalue weighted by molar-refractivity contribution is 0.0521. The SMILES string of the molecule is Cn1c(=O)n(C(=O)OC(C)(C)C)c2ccc(/C=N/NC(=O)OC(C)(C)C)cc21. The van der Waals surface area contributed by atoms with Crippen molar-refractivity contribution in [2.24, 2.45) is 12.1 Å². The third-order valence-electron chi connectivity index (χ3n) is 3.42. The van der Waals surface area contributed by atoms with Crippen LogP contribution in [0.15, 0.2) is 28.1 Å². The van der Waals surface area contributed by atoms with Gasteiger partial charge in [0.25, 0.3) is 0 Å². The van der Waals surface area contributed by atoms with E-state index in [1.165, 1.54) is 10.8 Å². The molecule has 0 radical (unpaired) electrons. The molecule has 0 aliphatic carbocycles. The van der Waals surface area contributed by atoms with Crippen LogP contribution in [-0.2, 0) is 16.5 Å². The minimum absolute atomic E-state index is 0.416. The number of amides is 1. The van der Waals surface area contributed by atoms with Gasteiger partial charge in [-0.3, -0.25) is 4.57 Å². The number of nitrogens with one attached hydrogen (secondary N) is 1. The number of benzene rings is 1. The van der Waals surface area contributed by atoms with Crippen LogP contribution in [-0.4, -0.2) is 38.7 Å². The van der Waals surface area contributed by atoms with E-state index < -0.39 is 29.1 Å². The molecule has 0 atom stereocenters. The summed E-state index contributed by atoms with van der Waals surface area (Å²) < 4.78 is 12.7. The Labute approximate surface area is 162 Å². The van der Waals surface area contributed by atoms with Crippen LogP contribution in [0.4, 0.5) is 9.59 Å². The quantitative estimate of drug-likeness (QED) is 0.627. The molecule has 9 heteroatoms. The Morgan fingerprint density at radius 3 is 2.21 bits per heavy atom. The van der Waals surface area contributed by atoms with Crippen LogP contribution in [0.25, 0.3) is 11.0 Å². The van der Waals surface area contributed by atoms with E-state index in [1.54, 1.807) is 66.8 Å². The van der Waals surface area contributed by atoms with E-state index in [0.717, 1.165) is 4.57 Å². The van der Waals surface area contributed by atoms with Crippen molar-refractivity contribution in [1.82, 2.24) is 14.6 Å². The maximum Gasteiger partial charge on any atom is 0.428 e. The van der Waals surface area contributed by atoms with Gasteiger partial charge in [0.2, 0.25) is 0 Å². The number of carbonyl (C=O) groups is 2. The average molecular weight is 390 g/mol. The summed E-state index contributed by atoms with van der Waals surface area (Å²) in [5, 5.41) is 3.84. The number of hydrazone groups is 1. The summed E-state index contributed by atoms with van der Waals surface area (Å²) in [4.78, 5) is 36.5. The molecule has 1 N–H and O–H groups in total. The van der Waals surface area contributed by atoms with Gasteiger partial charge in [0.15, 0.2) is 0 Å². The van der Waals surface area contributed by atoms with E-state index in [4.69, 9.17) is 9.47 Å². The number of imidazole rings is 1. The number of hydrogen-bond donors (Lipinski definition) is 1. The Hall–Kier alpha value is -3.10. The maximum absolute atomic E-state index is 12.5. The van der Waals surface area contributed by atoms with E-state index in [2.05, 4.69) is 10.5 Å². The molecule has 0 aliphatic heterocycles. The van der Waals surface area contributed by atoms with Gasteiger partial charge in [-0.05, 0) is 59.2 Å². The molecule has 0 bridgehead atoms. The Bertz CT molecular complexity index is 987. The molecule has 1 aromatic heterocycles. The van der Waals surface area contributed by atoms with Crippen molar-refractivity contribution in [3.63, 3.8) is 0 Å². The highest BCUT2D eigenvalue weighted by Crippen LogP contribution is 2.16. The van der Waals surface area contributed by atoms with Crippen LogP contribution in [0, 0.1) is 0 Å². The first-order chi connectivity index (χ1) is 12.8. The first kappa shape index (κ1) is 21.2. The van der Waals surface area contributed by atoms with Crippen molar-refractivity contribution >= 4 is 29.4 Å². The van der Waals surface area contributed by atoms with Gasteiger partial charge in [0.1, 0.15) is 11.2 Å². The smallest absolute Gasteiger partial charge is 0.428 e. The second-order valence-corrected chi connectivity index (χ2v) is 8.28. The van der Waals surface area contributed by atoms with Crippen molar-refractivity contribution in [2.75, 3.05) is 0 Å². The zero-order valence-corrected chi connectivity index (χ0v) is 17.2. The Morgan fingerprint density at radius 1 is 1.04 bits per heavy atom. The van der Waals surface area contributed by atoms with Crippen molar-refractivity contribution in [3.05, 3.63) is 34.2 Å². The topological polar surface area (TPSA) is 104 Å². The van der Waals surface area contributed by atoms with Crippen molar-refractivity contribution in [2.45, 2.75) is 52.7 Å². The third kappa shape index (κ3) is 5.21. The number of rotatable bonds is 2. The fraction of sp³-hybridized carbons (Fsp3) is 0.474. The predicted molar refractivity (Wildman–Crippen MR) is 106 cm³/mol. The number of aromatic nitrogens is 2. The number of aryl methyl sites for hydroxylation is 1. The molecule has 0 fully saturated rings. The molecule has 2 rings (SSSR count). The second-order valence-electron chi connectivity index (χ2n) is 8.28. The Morgan fingerprint density at radius 2 is 1.64 bits per heavy atom. The molecule has 0 spiro atoms. The number of nitrogens with zero attached hydrogens (tertiary/aromatic N) is 3. The standard InChI is InChI=1S/C19H26N4O5/c1-18(2,3)27-15(24)21-20-11-12-8-9-13-14(10-12)22(7)16(25)23(13)17(26)28-19(4,5)6/h8-11H,1-7H3,(H,21,24)/b20-11+. The van der Waals surface area contributed by atoms with Crippen LogP contribution in [0.1, 0.15) is 47.1 Å². The molecule has 0 unspecified atom stereocenters. The van der Waals surface area contributed by atoms with Crippen LogP contribution in [0.3, 0.4) is 0 Å². The molecule has 9 nitrogen and oxygen atoms in total. The van der Waals surface area contributed by atoms with Crippen molar-refractivity contribution in [1.29, 1.82) is 0 Å². The van der Waals surface area contributed by atoms with Gasteiger partial charge in [-0.1, -0.05) is 6.07 Å². The van der Waals surface area contributed by atoms with Crippen molar-refractivity contribution < 1.29 is 19.1 Å². The van der Waals surface area contributed by atoms with Crippen LogP contribution in [0.2, 0.25) is 0 Å². The molecule has 0 saturated heterocycles. The van der Waals surface area contributed by atoms with Gasteiger partial charge in [-0.25, -0.2) is 19.8 Å². The molecule has 1 heterocycles. The lowest BCUT2D eigenvalue weighted by Gasteiger charge is -2.19. The summed E-state index contributed by atoms with van der Waals surface area (Å²) in [7, 11) is 1.56. The summed E-state index contributed by atoms with van der Waals surface area (Å²) in [5.41, 5.74) is 1.98. The summed E-state index contributed by atoms with van der Waals surface area (Å²) >= 11 is 0. The summed E-state index contributed by atoms with van der Waals surface area (Å²) in [6.07, 6.45) is 0.00275. The molecule has 0 aliphatic rings. The van der Waals surface area contributed by atoms with E-state index in [1.807, 2.05) is 0 Å². The van der Waals surface area contributed by atoms with E-state index in [-0.39, 0.29) is 0 Å². The fourth-order valence-corrected chi connectivity index (χ4v) is 2.38. The number of carbonyl (C=O) groups excluding carboxylic acids is 2. The molecule has 152 valence electrons. The molecule has 28 heavy (non-hydrogen) atoms. The molecular weight excluding hydrogens is 364 g/mol. The fourth-order valence-electron chi connectivity index (χ4n) is 2.38. The van der Waals surface area contributed by atoms with Crippen LogP contribution >= 0.6 is 0 Å².